The van der Waals surface area contributed by atoms with Crippen molar-refractivity contribution < 1.29 is 9.53 Å². The normalized spacial score (nSPS) is 15.3. The number of hydrogen-bond donors (Lipinski definition) is 1. The summed E-state index contributed by atoms with van der Waals surface area (Å²) in [6.07, 6.45) is 0. The van der Waals surface area contributed by atoms with Crippen LogP contribution < -0.4 is 5.32 Å². The molecule has 2 aromatic carbocycles. The predicted octanol–water partition coefficient (Wildman–Crippen LogP) is 6.38. The van der Waals surface area contributed by atoms with Gasteiger partial charge in [0.15, 0.2) is 0 Å². The summed E-state index contributed by atoms with van der Waals surface area (Å²) in [5, 5.41) is 9.91. The van der Waals surface area contributed by atoms with E-state index in [2.05, 4.69) is 15.4 Å². The maximum Gasteiger partial charge on any atom is 0.338 e. The van der Waals surface area contributed by atoms with Crippen molar-refractivity contribution in [1.29, 1.82) is 0 Å². The molecule has 1 N–H and O–H groups in total. The van der Waals surface area contributed by atoms with Crippen LogP contribution in [0.25, 0.3) is 0 Å². The molecule has 0 aliphatic carbocycles. The SMILES string of the molecule is CCOC(=O)C1=C(C)Nc2nc(SCc3ccccc3Cl)nn2C1c1ccc(Cl)c(Cl)c1. The second-order valence-electron chi connectivity index (χ2n) is 7.00. The Morgan fingerprint density at radius 3 is 2.66 bits per heavy atom. The zero-order valence-corrected chi connectivity index (χ0v) is 20.3. The molecule has 1 atom stereocenters. The molecule has 1 aliphatic rings. The van der Waals surface area contributed by atoms with Crippen molar-refractivity contribution in [3.8, 4) is 0 Å². The number of nitrogens with one attached hydrogen (secondary N) is 1. The Morgan fingerprint density at radius 2 is 1.94 bits per heavy atom. The number of carbonyl (C=O) groups excluding carboxylic acids is 1. The summed E-state index contributed by atoms with van der Waals surface area (Å²) in [4.78, 5) is 17.5. The number of rotatable bonds is 6. The fraction of sp³-hybridized carbons (Fsp3) is 0.227. The average molecular weight is 510 g/mol. The van der Waals surface area contributed by atoms with Crippen molar-refractivity contribution in [2.75, 3.05) is 11.9 Å². The van der Waals surface area contributed by atoms with Crippen molar-refractivity contribution in [3.63, 3.8) is 0 Å². The van der Waals surface area contributed by atoms with Crippen LogP contribution in [0.5, 0.6) is 0 Å². The maximum absolute atomic E-state index is 12.8. The second-order valence-corrected chi connectivity index (χ2v) is 9.17. The Balaban J connectivity index is 1.72. The third kappa shape index (κ3) is 4.62. The van der Waals surface area contributed by atoms with Crippen LogP contribution in [0.2, 0.25) is 15.1 Å². The number of benzene rings is 2. The topological polar surface area (TPSA) is 69.0 Å². The van der Waals surface area contributed by atoms with E-state index in [9.17, 15) is 4.79 Å². The number of carbonyl (C=O) groups is 1. The van der Waals surface area contributed by atoms with E-state index in [0.717, 1.165) is 11.1 Å². The molecule has 10 heteroatoms. The first-order valence-corrected chi connectivity index (χ1v) is 11.9. The quantitative estimate of drug-likeness (QED) is 0.307. The van der Waals surface area contributed by atoms with E-state index >= 15 is 0 Å². The van der Waals surface area contributed by atoms with Crippen molar-refractivity contribution in [2.45, 2.75) is 30.8 Å². The molecule has 1 unspecified atom stereocenters. The van der Waals surface area contributed by atoms with E-state index in [-0.39, 0.29) is 6.61 Å². The van der Waals surface area contributed by atoms with Gasteiger partial charge in [0.1, 0.15) is 6.04 Å². The minimum atomic E-state index is -0.567. The van der Waals surface area contributed by atoms with Gasteiger partial charge in [0, 0.05) is 16.5 Å². The Bertz CT molecular complexity index is 1210. The Morgan fingerprint density at radius 1 is 1.16 bits per heavy atom. The van der Waals surface area contributed by atoms with E-state index in [1.807, 2.05) is 37.3 Å². The molecule has 4 rings (SSSR count). The van der Waals surface area contributed by atoms with Crippen molar-refractivity contribution in [2.24, 2.45) is 0 Å². The lowest BCUT2D eigenvalue weighted by Crippen LogP contribution is -2.29. The van der Waals surface area contributed by atoms with Gasteiger partial charge in [0.25, 0.3) is 0 Å². The highest BCUT2D eigenvalue weighted by atomic mass is 35.5. The number of ether oxygens (including phenoxy) is 1. The molecule has 0 fully saturated rings. The van der Waals surface area contributed by atoms with Crippen molar-refractivity contribution in [3.05, 3.63) is 79.9 Å². The highest BCUT2D eigenvalue weighted by Crippen LogP contribution is 2.39. The van der Waals surface area contributed by atoms with Gasteiger partial charge >= 0.3 is 5.97 Å². The molecule has 0 spiro atoms. The molecule has 32 heavy (non-hydrogen) atoms. The van der Waals surface area contributed by atoms with Crippen LogP contribution in [0.1, 0.15) is 31.0 Å². The lowest BCUT2D eigenvalue weighted by molar-refractivity contribution is -0.139. The van der Waals surface area contributed by atoms with Crippen LogP contribution in [0.15, 0.2) is 58.9 Å². The van der Waals surface area contributed by atoms with E-state index in [1.54, 1.807) is 23.7 Å². The molecule has 0 amide bonds. The minimum absolute atomic E-state index is 0.257. The fourth-order valence-corrected chi connectivity index (χ4v) is 4.84. The highest BCUT2D eigenvalue weighted by Gasteiger charge is 2.35. The first kappa shape index (κ1) is 23.0. The molecule has 166 valence electrons. The third-order valence-electron chi connectivity index (χ3n) is 4.90. The number of nitrogens with zero attached hydrogens (tertiary/aromatic N) is 3. The number of allylic oxidation sites excluding steroid dienone is 1. The highest BCUT2D eigenvalue weighted by molar-refractivity contribution is 7.98. The second kappa shape index (κ2) is 9.75. The molecule has 2 heterocycles. The third-order valence-corrected chi connectivity index (χ3v) is 6.90. The van der Waals surface area contributed by atoms with Crippen LogP contribution in [0.3, 0.4) is 0 Å². The van der Waals surface area contributed by atoms with E-state index in [4.69, 9.17) is 39.5 Å². The number of esters is 1. The average Bonchev–Trinajstić information content (AvgIpc) is 3.16. The monoisotopic (exact) mass is 508 g/mol. The van der Waals surface area contributed by atoms with Gasteiger partial charge in [-0.05, 0) is 43.2 Å². The summed E-state index contributed by atoms with van der Waals surface area (Å²) in [6, 6.07) is 12.3. The molecule has 6 nitrogen and oxygen atoms in total. The number of anilines is 1. The number of thioether (sulfide) groups is 1. The van der Waals surface area contributed by atoms with Crippen LogP contribution in [-0.4, -0.2) is 27.3 Å². The molecule has 1 aromatic heterocycles. The largest absolute Gasteiger partial charge is 0.463 e. The first-order chi connectivity index (χ1) is 15.4. The summed E-state index contributed by atoms with van der Waals surface area (Å²) in [7, 11) is 0. The Kier molecular flexibility index (Phi) is 7.00. The summed E-state index contributed by atoms with van der Waals surface area (Å²) in [6.45, 7) is 3.83. The Labute approximate surface area is 204 Å². The molecular formula is C22H19Cl3N4O2S. The van der Waals surface area contributed by atoms with Crippen LogP contribution in [-0.2, 0) is 15.3 Å². The van der Waals surface area contributed by atoms with Crippen LogP contribution in [0, 0.1) is 0 Å². The number of fused-ring (bicyclic) bond motifs is 1. The van der Waals surface area contributed by atoms with E-state index < -0.39 is 12.0 Å². The number of hydrogen-bond acceptors (Lipinski definition) is 6. The smallest absolute Gasteiger partial charge is 0.338 e. The van der Waals surface area contributed by atoms with E-state index in [1.165, 1.54) is 11.8 Å². The zero-order valence-electron chi connectivity index (χ0n) is 17.2. The molecule has 0 saturated carbocycles. The fourth-order valence-electron chi connectivity index (χ4n) is 3.41. The van der Waals surface area contributed by atoms with Crippen molar-refractivity contribution in [1.82, 2.24) is 14.8 Å². The number of halogens is 3. The summed E-state index contributed by atoms with van der Waals surface area (Å²) in [5.74, 6) is 0.700. The Hall–Kier alpha value is -2.19. The van der Waals surface area contributed by atoms with Gasteiger partial charge in [-0.1, -0.05) is 70.8 Å². The van der Waals surface area contributed by atoms with Gasteiger partial charge in [-0.15, -0.1) is 5.10 Å². The summed E-state index contributed by atoms with van der Waals surface area (Å²) >= 11 is 20.1. The van der Waals surface area contributed by atoms with Gasteiger partial charge < -0.3 is 10.1 Å². The molecule has 0 radical (unpaired) electrons. The van der Waals surface area contributed by atoms with Crippen LogP contribution >= 0.6 is 46.6 Å². The molecule has 3 aromatic rings. The maximum atomic E-state index is 12.8. The molecule has 1 aliphatic heterocycles. The van der Waals surface area contributed by atoms with Gasteiger partial charge in [-0.3, -0.25) is 0 Å². The predicted molar refractivity (Wildman–Crippen MR) is 129 cm³/mol. The molecule has 0 bridgehead atoms. The van der Waals surface area contributed by atoms with E-state index in [0.29, 0.717) is 43.2 Å². The van der Waals surface area contributed by atoms with Gasteiger partial charge in [-0.2, -0.15) is 4.98 Å². The van der Waals surface area contributed by atoms with Crippen LogP contribution in [0.4, 0.5) is 5.95 Å². The zero-order chi connectivity index (χ0) is 22.8. The molecule has 0 saturated heterocycles. The van der Waals surface area contributed by atoms with Gasteiger partial charge in [0.2, 0.25) is 11.1 Å². The standard InChI is InChI=1S/C22H19Cl3N4O2S/c1-3-31-20(30)18-12(2)26-21-27-22(32-11-14-6-4-5-7-15(14)23)28-29(21)19(18)13-8-9-16(24)17(25)10-13/h4-10,19H,3,11H2,1-2H3,(H,26,27,28). The minimum Gasteiger partial charge on any atom is -0.463 e. The lowest BCUT2D eigenvalue weighted by Gasteiger charge is -2.28. The van der Waals surface area contributed by atoms with Gasteiger partial charge in [0.05, 0.1) is 22.2 Å². The lowest BCUT2D eigenvalue weighted by atomic mass is 9.96. The molecular weight excluding hydrogens is 491 g/mol. The summed E-state index contributed by atoms with van der Waals surface area (Å²) in [5.41, 5.74) is 2.81. The summed E-state index contributed by atoms with van der Waals surface area (Å²) < 4.78 is 6.99. The van der Waals surface area contributed by atoms with Crippen molar-refractivity contribution >= 4 is 58.5 Å². The van der Waals surface area contributed by atoms with Gasteiger partial charge in [-0.25, -0.2) is 9.48 Å². The first-order valence-electron chi connectivity index (χ1n) is 9.81. The number of aromatic nitrogens is 3.